The lowest BCUT2D eigenvalue weighted by Crippen LogP contribution is -2.33. The van der Waals surface area contributed by atoms with Crippen LogP contribution < -0.4 is 5.32 Å². The average Bonchev–Trinajstić information content (AvgIpc) is 2.94. The summed E-state index contributed by atoms with van der Waals surface area (Å²) in [6.07, 6.45) is 2.02. The largest absolute Gasteiger partial charge is 0.411 e. The molecule has 0 aliphatic rings. The van der Waals surface area contributed by atoms with Gasteiger partial charge in [-0.25, -0.2) is 0 Å². The van der Waals surface area contributed by atoms with Crippen molar-refractivity contribution in [3.05, 3.63) is 28.7 Å². The van der Waals surface area contributed by atoms with E-state index in [1.807, 2.05) is 31.2 Å². The smallest absolute Gasteiger partial charge is 0.277 e. The van der Waals surface area contributed by atoms with E-state index in [0.717, 1.165) is 22.9 Å². The van der Waals surface area contributed by atoms with Gasteiger partial charge in [-0.3, -0.25) is 4.79 Å². The van der Waals surface area contributed by atoms with Crippen LogP contribution in [0.3, 0.4) is 0 Å². The zero-order chi connectivity index (χ0) is 15.9. The molecule has 2 rings (SSSR count). The number of hydrogen-bond acceptors (Lipinski definition) is 5. The van der Waals surface area contributed by atoms with E-state index >= 15 is 0 Å². The predicted molar refractivity (Wildman–Crippen MR) is 90.7 cm³/mol. The first-order chi connectivity index (χ1) is 10.6. The fourth-order valence-corrected chi connectivity index (χ4v) is 2.99. The zero-order valence-electron chi connectivity index (χ0n) is 12.5. The van der Waals surface area contributed by atoms with Crippen LogP contribution in [0.5, 0.6) is 0 Å². The highest BCUT2D eigenvalue weighted by molar-refractivity contribution is 9.10. The molecule has 0 unspecified atom stereocenters. The molecular weight excluding hydrogens is 366 g/mol. The minimum absolute atomic E-state index is 0.0217. The van der Waals surface area contributed by atoms with Gasteiger partial charge < -0.3 is 9.73 Å². The van der Waals surface area contributed by atoms with Crippen molar-refractivity contribution >= 4 is 33.6 Å². The third-order valence-electron chi connectivity index (χ3n) is 2.97. The summed E-state index contributed by atoms with van der Waals surface area (Å²) in [5, 5.41) is 11.3. The summed E-state index contributed by atoms with van der Waals surface area (Å²) < 4.78 is 6.47. The molecule has 22 heavy (non-hydrogen) atoms. The van der Waals surface area contributed by atoms with Gasteiger partial charge in [-0.15, -0.1) is 10.2 Å². The molecule has 0 saturated carbocycles. The molecule has 0 fully saturated rings. The molecule has 7 heteroatoms. The van der Waals surface area contributed by atoms with Gasteiger partial charge in [0.1, 0.15) is 0 Å². The number of benzene rings is 1. The minimum atomic E-state index is -0.0217. The molecule has 1 atom stereocenters. The number of hydrogen-bond donors (Lipinski definition) is 1. The molecule has 1 heterocycles. The van der Waals surface area contributed by atoms with Crippen molar-refractivity contribution in [3.63, 3.8) is 0 Å². The highest BCUT2D eigenvalue weighted by Gasteiger charge is 2.13. The van der Waals surface area contributed by atoms with Gasteiger partial charge in [0, 0.05) is 10.5 Å². The molecular formula is C15H18BrN3O2S. The average molecular weight is 384 g/mol. The van der Waals surface area contributed by atoms with Gasteiger partial charge in [-0.2, -0.15) is 0 Å². The normalized spacial score (nSPS) is 12.1. The van der Waals surface area contributed by atoms with Gasteiger partial charge in [0.15, 0.2) is 0 Å². The molecule has 0 aliphatic heterocycles. The van der Waals surface area contributed by atoms with Crippen LogP contribution in [0, 0.1) is 0 Å². The van der Waals surface area contributed by atoms with E-state index in [1.54, 1.807) is 0 Å². The first-order valence-corrected chi connectivity index (χ1v) is 8.88. The van der Waals surface area contributed by atoms with Crippen LogP contribution in [0.1, 0.15) is 26.7 Å². The second-order valence-electron chi connectivity index (χ2n) is 4.90. The van der Waals surface area contributed by atoms with Crippen molar-refractivity contribution in [1.82, 2.24) is 15.5 Å². The van der Waals surface area contributed by atoms with E-state index < -0.39 is 0 Å². The highest BCUT2D eigenvalue weighted by Crippen LogP contribution is 2.28. The van der Waals surface area contributed by atoms with Gasteiger partial charge in [-0.1, -0.05) is 37.2 Å². The van der Waals surface area contributed by atoms with Crippen molar-refractivity contribution in [2.45, 2.75) is 38.0 Å². The Bertz CT molecular complexity index is 633. The Hall–Kier alpha value is -1.34. The first-order valence-electron chi connectivity index (χ1n) is 7.10. The van der Waals surface area contributed by atoms with Crippen LogP contribution in [0.2, 0.25) is 0 Å². The van der Waals surface area contributed by atoms with Crippen LogP contribution in [-0.2, 0) is 4.79 Å². The lowest BCUT2D eigenvalue weighted by atomic mass is 10.2. The molecule has 5 nitrogen and oxygen atoms in total. The number of aromatic nitrogens is 2. The van der Waals surface area contributed by atoms with Crippen LogP contribution >= 0.6 is 27.7 Å². The van der Waals surface area contributed by atoms with Crippen molar-refractivity contribution < 1.29 is 9.21 Å². The summed E-state index contributed by atoms with van der Waals surface area (Å²) in [5.41, 5.74) is 0.836. The Labute approximate surface area is 142 Å². The third kappa shape index (κ3) is 4.84. The van der Waals surface area contributed by atoms with E-state index in [9.17, 15) is 4.79 Å². The van der Waals surface area contributed by atoms with Crippen molar-refractivity contribution in [2.24, 2.45) is 0 Å². The monoisotopic (exact) mass is 383 g/mol. The number of rotatable bonds is 7. The van der Waals surface area contributed by atoms with Gasteiger partial charge in [0.2, 0.25) is 11.8 Å². The Balaban J connectivity index is 1.90. The maximum atomic E-state index is 11.8. The Kier molecular flexibility index (Phi) is 6.45. The lowest BCUT2D eigenvalue weighted by Gasteiger charge is -2.11. The second-order valence-corrected chi connectivity index (χ2v) is 6.68. The first kappa shape index (κ1) is 17.0. The molecule has 0 spiro atoms. The number of nitrogens with zero attached hydrogens (tertiary/aromatic N) is 2. The zero-order valence-corrected chi connectivity index (χ0v) is 14.9. The Morgan fingerprint density at radius 3 is 2.91 bits per heavy atom. The fraction of sp³-hybridized carbons (Fsp3) is 0.400. The van der Waals surface area contributed by atoms with Crippen molar-refractivity contribution in [3.8, 4) is 11.5 Å². The topological polar surface area (TPSA) is 68.0 Å². The van der Waals surface area contributed by atoms with E-state index in [1.165, 1.54) is 11.8 Å². The molecule has 118 valence electrons. The molecule has 1 aromatic heterocycles. The fourth-order valence-electron chi connectivity index (χ4n) is 1.96. The summed E-state index contributed by atoms with van der Waals surface area (Å²) in [4.78, 5) is 11.8. The standard InChI is InChI=1S/C15H18BrN3O2S/c1-3-6-10(2)17-13(20)9-22-15-19-18-14(21-15)11-7-4-5-8-12(11)16/h4-5,7-8,10H,3,6,9H2,1-2H3,(H,17,20)/t10-/m1/s1. The van der Waals surface area contributed by atoms with Gasteiger partial charge >= 0.3 is 0 Å². The second kappa shape index (κ2) is 8.33. The Morgan fingerprint density at radius 2 is 2.18 bits per heavy atom. The Morgan fingerprint density at radius 1 is 1.41 bits per heavy atom. The van der Waals surface area contributed by atoms with E-state index in [0.29, 0.717) is 11.1 Å². The predicted octanol–water partition coefficient (Wildman–Crippen LogP) is 3.90. The molecule has 0 bridgehead atoms. The van der Waals surface area contributed by atoms with Crippen LogP contribution in [0.15, 0.2) is 38.4 Å². The van der Waals surface area contributed by atoms with Gasteiger partial charge in [0.05, 0.1) is 11.3 Å². The number of amides is 1. The molecule has 2 aromatic rings. The number of carbonyl (C=O) groups is 1. The SMILES string of the molecule is CCC[C@@H](C)NC(=O)CSc1nnc(-c2ccccc2Br)o1. The summed E-state index contributed by atoms with van der Waals surface area (Å²) in [7, 11) is 0. The van der Waals surface area contributed by atoms with E-state index in [2.05, 4.69) is 38.4 Å². The van der Waals surface area contributed by atoms with E-state index in [-0.39, 0.29) is 17.7 Å². The summed E-state index contributed by atoms with van der Waals surface area (Å²) in [5.74, 6) is 0.687. The van der Waals surface area contributed by atoms with Gasteiger partial charge in [0.25, 0.3) is 5.22 Å². The molecule has 0 saturated heterocycles. The minimum Gasteiger partial charge on any atom is -0.411 e. The van der Waals surface area contributed by atoms with Crippen molar-refractivity contribution in [2.75, 3.05) is 5.75 Å². The number of carbonyl (C=O) groups excluding carboxylic acids is 1. The maximum Gasteiger partial charge on any atom is 0.277 e. The van der Waals surface area contributed by atoms with Crippen LogP contribution in [-0.4, -0.2) is 27.9 Å². The molecule has 1 N–H and O–H groups in total. The third-order valence-corrected chi connectivity index (χ3v) is 4.48. The van der Waals surface area contributed by atoms with Crippen LogP contribution in [0.4, 0.5) is 0 Å². The maximum absolute atomic E-state index is 11.8. The van der Waals surface area contributed by atoms with Crippen LogP contribution in [0.25, 0.3) is 11.5 Å². The van der Waals surface area contributed by atoms with E-state index in [4.69, 9.17) is 4.42 Å². The summed E-state index contributed by atoms with van der Waals surface area (Å²) >= 11 is 4.69. The molecule has 0 aliphatic carbocycles. The molecule has 1 aromatic carbocycles. The number of thioether (sulfide) groups is 1. The quantitative estimate of drug-likeness (QED) is 0.734. The summed E-state index contributed by atoms with van der Waals surface area (Å²) in [6.45, 7) is 4.10. The number of nitrogens with one attached hydrogen (secondary N) is 1. The summed E-state index contributed by atoms with van der Waals surface area (Å²) in [6, 6.07) is 7.82. The van der Waals surface area contributed by atoms with Gasteiger partial charge in [-0.05, 0) is 41.4 Å². The number of halogens is 1. The van der Waals surface area contributed by atoms with Crippen molar-refractivity contribution in [1.29, 1.82) is 0 Å². The molecule has 0 radical (unpaired) electrons. The molecule has 1 amide bonds. The highest BCUT2D eigenvalue weighted by atomic mass is 79.9. The lowest BCUT2D eigenvalue weighted by molar-refractivity contribution is -0.119.